The van der Waals surface area contributed by atoms with E-state index in [0.29, 0.717) is 17.3 Å². The highest BCUT2D eigenvalue weighted by molar-refractivity contribution is 14.0. The van der Waals surface area contributed by atoms with Crippen LogP contribution in [-0.2, 0) is 0 Å². The van der Waals surface area contributed by atoms with E-state index in [9.17, 15) is 0 Å². The van der Waals surface area contributed by atoms with Crippen molar-refractivity contribution in [1.82, 2.24) is 5.32 Å². The van der Waals surface area contributed by atoms with Crippen molar-refractivity contribution in [2.24, 2.45) is 10.7 Å². The SMILES string of the molecule is CC(C)SCCN=C(N)NC1CCCC1.I. The molecule has 0 amide bonds. The fourth-order valence-electron chi connectivity index (χ4n) is 1.78. The highest BCUT2D eigenvalue weighted by Gasteiger charge is 2.14. The largest absolute Gasteiger partial charge is 0.370 e. The third-order valence-corrected chi connectivity index (χ3v) is 3.62. The summed E-state index contributed by atoms with van der Waals surface area (Å²) in [6, 6.07) is 0.575. The zero-order valence-corrected chi connectivity index (χ0v) is 13.4. The average molecular weight is 357 g/mol. The molecule has 96 valence electrons. The van der Waals surface area contributed by atoms with Crippen LogP contribution in [0.4, 0.5) is 0 Å². The molecule has 0 unspecified atom stereocenters. The Hall–Kier alpha value is 0.350. The molecule has 1 fully saturated rings. The van der Waals surface area contributed by atoms with Crippen molar-refractivity contribution in [2.45, 2.75) is 50.8 Å². The van der Waals surface area contributed by atoms with Crippen LogP contribution in [0.3, 0.4) is 0 Å². The Morgan fingerprint density at radius 3 is 2.62 bits per heavy atom. The highest BCUT2D eigenvalue weighted by Crippen LogP contribution is 2.17. The number of rotatable bonds is 5. The van der Waals surface area contributed by atoms with Gasteiger partial charge in [-0.3, -0.25) is 4.99 Å². The van der Waals surface area contributed by atoms with Gasteiger partial charge in [0.1, 0.15) is 0 Å². The summed E-state index contributed by atoms with van der Waals surface area (Å²) < 4.78 is 0. The molecule has 0 heterocycles. The van der Waals surface area contributed by atoms with Gasteiger partial charge in [0.05, 0.1) is 6.54 Å². The third-order valence-electron chi connectivity index (χ3n) is 2.53. The Morgan fingerprint density at radius 1 is 1.44 bits per heavy atom. The number of guanidine groups is 1. The second-order valence-corrected chi connectivity index (χ2v) is 6.00. The second kappa shape index (κ2) is 9.39. The topological polar surface area (TPSA) is 50.4 Å². The fourth-order valence-corrected chi connectivity index (χ4v) is 2.45. The van der Waals surface area contributed by atoms with Crippen LogP contribution in [-0.4, -0.2) is 29.5 Å². The van der Waals surface area contributed by atoms with E-state index in [0.717, 1.165) is 12.3 Å². The Balaban J connectivity index is 0.00000225. The molecule has 0 radical (unpaired) electrons. The summed E-state index contributed by atoms with van der Waals surface area (Å²) in [7, 11) is 0. The zero-order chi connectivity index (χ0) is 11.1. The number of hydrogen-bond donors (Lipinski definition) is 2. The standard InChI is InChI=1S/C11H23N3S.HI/c1-9(2)15-8-7-13-11(12)14-10-5-3-4-6-10;/h9-10H,3-8H2,1-2H3,(H3,12,13,14);1H. The van der Waals surface area contributed by atoms with Crippen LogP contribution in [0.5, 0.6) is 0 Å². The number of nitrogens with zero attached hydrogens (tertiary/aromatic N) is 1. The van der Waals surface area contributed by atoms with Gasteiger partial charge in [-0.15, -0.1) is 24.0 Å². The molecule has 0 aromatic carbocycles. The molecular weight excluding hydrogens is 333 g/mol. The molecule has 1 saturated carbocycles. The first-order valence-electron chi connectivity index (χ1n) is 5.86. The molecule has 16 heavy (non-hydrogen) atoms. The summed E-state index contributed by atoms with van der Waals surface area (Å²) in [5.41, 5.74) is 5.80. The minimum atomic E-state index is 0. The van der Waals surface area contributed by atoms with Gasteiger partial charge in [-0.25, -0.2) is 0 Å². The predicted molar refractivity (Wildman–Crippen MR) is 84.9 cm³/mol. The van der Waals surface area contributed by atoms with Gasteiger partial charge in [-0.05, 0) is 18.1 Å². The molecule has 3 nitrogen and oxygen atoms in total. The number of nitrogens with one attached hydrogen (secondary N) is 1. The molecule has 5 heteroatoms. The second-order valence-electron chi connectivity index (χ2n) is 4.31. The third kappa shape index (κ3) is 7.60. The summed E-state index contributed by atoms with van der Waals surface area (Å²) in [5, 5.41) is 3.97. The first kappa shape index (κ1) is 16.4. The number of thioether (sulfide) groups is 1. The van der Waals surface area contributed by atoms with E-state index in [-0.39, 0.29) is 24.0 Å². The van der Waals surface area contributed by atoms with Crippen molar-refractivity contribution >= 4 is 41.7 Å². The molecule has 0 bridgehead atoms. The smallest absolute Gasteiger partial charge is 0.188 e. The van der Waals surface area contributed by atoms with Gasteiger partial charge in [0.2, 0.25) is 0 Å². The maximum absolute atomic E-state index is 5.80. The summed E-state index contributed by atoms with van der Waals surface area (Å²) in [5.74, 6) is 1.69. The molecule has 1 aliphatic carbocycles. The summed E-state index contributed by atoms with van der Waals surface area (Å²) in [6.07, 6.45) is 5.15. The van der Waals surface area contributed by atoms with Crippen LogP contribution in [0.25, 0.3) is 0 Å². The summed E-state index contributed by atoms with van der Waals surface area (Å²) in [6.45, 7) is 5.23. The minimum absolute atomic E-state index is 0. The minimum Gasteiger partial charge on any atom is -0.370 e. The van der Waals surface area contributed by atoms with E-state index >= 15 is 0 Å². The lowest BCUT2D eigenvalue weighted by Gasteiger charge is -2.12. The molecule has 1 aliphatic rings. The molecular formula is C11H24IN3S. The Kier molecular flexibility index (Phi) is 9.59. The van der Waals surface area contributed by atoms with Gasteiger partial charge in [-0.1, -0.05) is 26.7 Å². The molecule has 1 rings (SSSR count). The van der Waals surface area contributed by atoms with Gasteiger partial charge >= 0.3 is 0 Å². The van der Waals surface area contributed by atoms with E-state index in [4.69, 9.17) is 5.73 Å². The van der Waals surface area contributed by atoms with Crippen molar-refractivity contribution < 1.29 is 0 Å². The Morgan fingerprint density at radius 2 is 2.06 bits per heavy atom. The lowest BCUT2D eigenvalue weighted by Crippen LogP contribution is -2.38. The Bertz CT molecular complexity index is 203. The van der Waals surface area contributed by atoms with Gasteiger partial charge in [0.25, 0.3) is 0 Å². The van der Waals surface area contributed by atoms with Crippen LogP contribution < -0.4 is 11.1 Å². The van der Waals surface area contributed by atoms with Crippen molar-refractivity contribution in [1.29, 1.82) is 0 Å². The van der Waals surface area contributed by atoms with Gasteiger partial charge < -0.3 is 11.1 Å². The number of hydrogen-bond acceptors (Lipinski definition) is 2. The monoisotopic (exact) mass is 357 g/mol. The van der Waals surface area contributed by atoms with Crippen molar-refractivity contribution in [3.63, 3.8) is 0 Å². The zero-order valence-electron chi connectivity index (χ0n) is 10.2. The molecule has 0 aromatic heterocycles. The first-order valence-corrected chi connectivity index (χ1v) is 6.91. The van der Waals surface area contributed by atoms with Gasteiger partial charge in [0.15, 0.2) is 5.96 Å². The van der Waals surface area contributed by atoms with Crippen LogP contribution in [0.1, 0.15) is 39.5 Å². The lowest BCUT2D eigenvalue weighted by atomic mass is 10.3. The van der Waals surface area contributed by atoms with E-state index in [1.165, 1.54) is 25.7 Å². The first-order chi connectivity index (χ1) is 7.18. The van der Waals surface area contributed by atoms with Crippen LogP contribution in [0.2, 0.25) is 0 Å². The van der Waals surface area contributed by atoms with E-state index in [1.54, 1.807) is 0 Å². The average Bonchev–Trinajstić information content (AvgIpc) is 2.64. The van der Waals surface area contributed by atoms with Gasteiger partial charge in [-0.2, -0.15) is 11.8 Å². The quantitative estimate of drug-likeness (QED) is 0.344. The summed E-state index contributed by atoms with van der Waals surface area (Å²) >= 11 is 1.93. The Labute approximate surface area is 120 Å². The van der Waals surface area contributed by atoms with Crippen molar-refractivity contribution in [3.8, 4) is 0 Å². The maximum atomic E-state index is 5.80. The lowest BCUT2D eigenvalue weighted by molar-refractivity contribution is 0.626. The molecule has 0 aromatic rings. The molecule has 0 atom stereocenters. The van der Waals surface area contributed by atoms with E-state index < -0.39 is 0 Å². The van der Waals surface area contributed by atoms with Crippen LogP contribution in [0.15, 0.2) is 4.99 Å². The van der Waals surface area contributed by atoms with Crippen molar-refractivity contribution in [3.05, 3.63) is 0 Å². The maximum Gasteiger partial charge on any atom is 0.188 e. The van der Waals surface area contributed by atoms with E-state index in [1.807, 2.05) is 11.8 Å². The number of nitrogens with two attached hydrogens (primary N) is 1. The summed E-state index contributed by atoms with van der Waals surface area (Å²) in [4.78, 5) is 4.32. The molecule has 3 N–H and O–H groups in total. The van der Waals surface area contributed by atoms with Crippen LogP contribution >= 0.6 is 35.7 Å². The molecule has 0 spiro atoms. The van der Waals surface area contributed by atoms with E-state index in [2.05, 4.69) is 24.2 Å². The highest BCUT2D eigenvalue weighted by atomic mass is 127. The molecule has 0 saturated heterocycles. The number of aliphatic imine (C=N–C) groups is 1. The number of halogens is 1. The van der Waals surface area contributed by atoms with Gasteiger partial charge in [0, 0.05) is 11.8 Å². The van der Waals surface area contributed by atoms with Crippen molar-refractivity contribution in [2.75, 3.05) is 12.3 Å². The molecule has 0 aliphatic heterocycles. The fraction of sp³-hybridized carbons (Fsp3) is 0.909. The van der Waals surface area contributed by atoms with Crippen LogP contribution in [0, 0.1) is 0 Å². The normalized spacial score (nSPS) is 17.6. The predicted octanol–water partition coefficient (Wildman–Crippen LogP) is 2.59.